The maximum Gasteiger partial charge on any atom is 0.240 e. The molecule has 2 aromatic rings. The monoisotopic (exact) mass is 378 g/mol. The molecule has 0 bridgehead atoms. The minimum Gasteiger partial charge on any atom is -0.348 e. The Morgan fingerprint density at radius 1 is 1.07 bits per heavy atom. The third kappa shape index (κ3) is 3.30. The van der Waals surface area contributed by atoms with Gasteiger partial charge in [0, 0.05) is 6.42 Å². The molecule has 1 N–H and O–H groups in total. The lowest BCUT2D eigenvalue weighted by molar-refractivity contribution is -0.145. The van der Waals surface area contributed by atoms with Crippen molar-refractivity contribution < 1.29 is 14.4 Å². The van der Waals surface area contributed by atoms with Crippen LogP contribution in [0.1, 0.15) is 57.1 Å². The molecule has 1 saturated heterocycles. The van der Waals surface area contributed by atoms with Crippen LogP contribution in [0.25, 0.3) is 10.8 Å². The molecule has 2 fully saturated rings. The average molecular weight is 378 g/mol. The number of hydrogen-bond donors (Lipinski definition) is 1. The van der Waals surface area contributed by atoms with E-state index >= 15 is 0 Å². The van der Waals surface area contributed by atoms with Crippen molar-refractivity contribution in [2.75, 3.05) is 6.54 Å². The van der Waals surface area contributed by atoms with Crippen LogP contribution in [0.2, 0.25) is 0 Å². The van der Waals surface area contributed by atoms with E-state index in [2.05, 4.69) is 5.32 Å². The van der Waals surface area contributed by atoms with Gasteiger partial charge in [0.15, 0.2) is 0 Å². The number of carbonyl (C=O) groups excluding carboxylic acids is 3. The number of amides is 3. The van der Waals surface area contributed by atoms with E-state index in [9.17, 15) is 14.4 Å². The minimum atomic E-state index is -0.545. The van der Waals surface area contributed by atoms with Crippen molar-refractivity contribution in [3.63, 3.8) is 0 Å². The Kier molecular flexibility index (Phi) is 4.92. The second-order valence-electron chi connectivity index (χ2n) is 8.16. The maximum absolute atomic E-state index is 12.9. The number of fused-ring (bicyclic) bond motifs is 1. The Morgan fingerprint density at radius 3 is 2.57 bits per heavy atom. The van der Waals surface area contributed by atoms with Crippen LogP contribution in [0.15, 0.2) is 42.5 Å². The molecule has 5 nitrogen and oxygen atoms in total. The molecule has 1 saturated carbocycles. The fourth-order valence-corrected chi connectivity index (χ4v) is 4.78. The molecule has 0 unspecified atom stereocenters. The van der Waals surface area contributed by atoms with Gasteiger partial charge in [-0.25, -0.2) is 0 Å². The van der Waals surface area contributed by atoms with Crippen molar-refractivity contribution in [2.24, 2.45) is 5.41 Å². The maximum atomic E-state index is 12.9. The van der Waals surface area contributed by atoms with Crippen LogP contribution < -0.4 is 5.32 Å². The molecule has 146 valence electrons. The summed E-state index contributed by atoms with van der Waals surface area (Å²) in [5.41, 5.74) is 0.478. The summed E-state index contributed by atoms with van der Waals surface area (Å²) < 4.78 is 0. The van der Waals surface area contributed by atoms with Crippen LogP contribution in [0.5, 0.6) is 0 Å². The molecule has 2 aliphatic rings. The lowest BCUT2D eigenvalue weighted by atomic mass is 9.73. The average Bonchev–Trinajstić information content (AvgIpc) is 2.92. The van der Waals surface area contributed by atoms with Gasteiger partial charge in [-0.3, -0.25) is 19.3 Å². The zero-order chi connectivity index (χ0) is 19.7. The predicted octanol–water partition coefficient (Wildman–Crippen LogP) is 3.73. The van der Waals surface area contributed by atoms with Gasteiger partial charge in [0.25, 0.3) is 0 Å². The molecule has 2 aromatic carbocycles. The molecule has 28 heavy (non-hydrogen) atoms. The summed E-state index contributed by atoms with van der Waals surface area (Å²) >= 11 is 0. The Labute approximate surface area is 165 Å². The second-order valence-corrected chi connectivity index (χ2v) is 8.16. The van der Waals surface area contributed by atoms with E-state index in [1.165, 1.54) is 4.90 Å². The summed E-state index contributed by atoms with van der Waals surface area (Å²) in [4.78, 5) is 39.1. The number of likely N-dealkylation sites (tertiary alicyclic amines) is 1. The smallest absolute Gasteiger partial charge is 0.240 e. The molecule has 0 aromatic heterocycles. The molecular formula is C23H26N2O3. The first-order valence-corrected chi connectivity index (χ1v) is 10.1. The van der Waals surface area contributed by atoms with E-state index in [4.69, 9.17) is 0 Å². The van der Waals surface area contributed by atoms with Crippen LogP contribution >= 0.6 is 0 Å². The van der Waals surface area contributed by atoms with E-state index in [0.717, 1.165) is 48.4 Å². The quantitative estimate of drug-likeness (QED) is 0.825. The number of carbonyl (C=O) groups is 3. The fourth-order valence-electron chi connectivity index (χ4n) is 4.78. The van der Waals surface area contributed by atoms with Crippen molar-refractivity contribution in [1.82, 2.24) is 10.2 Å². The second kappa shape index (κ2) is 7.38. The molecule has 1 aliphatic carbocycles. The third-order valence-corrected chi connectivity index (χ3v) is 6.27. The summed E-state index contributed by atoms with van der Waals surface area (Å²) in [5.74, 6) is -0.653. The summed E-state index contributed by atoms with van der Waals surface area (Å²) in [5, 5.41) is 5.17. The largest absolute Gasteiger partial charge is 0.348 e. The summed E-state index contributed by atoms with van der Waals surface area (Å²) in [7, 11) is 0. The van der Waals surface area contributed by atoms with Gasteiger partial charge in [0.05, 0.1) is 11.5 Å². The van der Waals surface area contributed by atoms with Gasteiger partial charge in [0.1, 0.15) is 6.54 Å². The summed E-state index contributed by atoms with van der Waals surface area (Å²) in [6.45, 7) is 1.74. The van der Waals surface area contributed by atoms with Gasteiger partial charge in [-0.15, -0.1) is 0 Å². The highest BCUT2D eigenvalue weighted by Gasteiger charge is 2.51. The first-order chi connectivity index (χ1) is 13.5. The highest BCUT2D eigenvalue weighted by molar-refractivity contribution is 6.08. The lowest BCUT2D eigenvalue weighted by Crippen LogP contribution is -2.43. The van der Waals surface area contributed by atoms with Gasteiger partial charge >= 0.3 is 0 Å². The first-order valence-electron chi connectivity index (χ1n) is 10.1. The van der Waals surface area contributed by atoms with Gasteiger partial charge < -0.3 is 5.32 Å². The van der Waals surface area contributed by atoms with E-state index in [-0.39, 0.29) is 36.7 Å². The normalized spacial score (nSPS) is 20.0. The molecular weight excluding hydrogens is 352 g/mol. The lowest BCUT2D eigenvalue weighted by Gasteiger charge is -2.30. The number of nitrogens with one attached hydrogen (secondary N) is 1. The Bertz CT molecular complexity index is 925. The Hall–Kier alpha value is -2.69. The summed E-state index contributed by atoms with van der Waals surface area (Å²) in [6.07, 6.45) is 4.88. The molecule has 1 heterocycles. The highest BCUT2D eigenvalue weighted by Crippen LogP contribution is 2.45. The van der Waals surface area contributed by atoms with Gasteiger partial charge in [-0.2, -0.15) is 0 Å². The molecule has 4 rings (SSSR count). The van der Waals surface area contributed by atoms with Gasteiger partial charge in [0.2, 0.25) is 17.7 Å². The van der Waals surface area contributed by atoms with Gasteiger partial charge in [-0.1, -0.05) is 61.7 Å². The number of hydrogen-bond acceptors (Lipinski definition) is 3. The molecule has 0 radical (unpaired) electrons. The molecule has 1 atom stereocenters. The van der Waals surface area contributed by atoms with Crippen molar-refractivity contribution >= 4 is 28.5 Å². The van der Waals surface area contributed by atoms with E-state index in [1.54, 1.807) is 0 Å². The van der Waals surface area contributed by atoms with Crippen molar-refractivity contribution in [3.8, 4) is 0 Å². The Balaban J connectivity index is 1.45. The number of benzene rings is 2. The molecule has 1 spiro atoms. The van der Waals surface area contributed by atoms with Crippen molar-refractivity contribution in [2.45, 2.75) is 51.5 Å². The molecule has 3 amide bonds. The topological polar surface area (TPSA) is 66.5 Å². The minimum absolute atomic E-state index is 0.148. The van der Waals surface area contributed by atoms with Crippen LogP contribution in [-0.4, -0.2) is 29.2 Å². The molecule has 5 heteroatoms. The number of imide groups is 1. The SMILES string of the molecule is C[C@H](NC(=O)CN1C(=O)CC2(CCCCC2)C1=O)c1cccc2ccccc12. The number of rotatable bonds is 4. The van der Waals surface area contributed by atoms with E-state index < -0.39 is 5.41 Å². The highest BCUT2D eigenvalue weighted by atomic mass is 16.2. The predicted molar refractivity (Wildman–Crippen MR) is 107 cm³/mol. The summed E-state index contributed by atoms with van der Waals surface area (Å²) in [6, 6.07) is 13.8. The fraction of sp³-hybridized carbons (Fsp3) is 0.435. The zero-order valence-corrected chi connectivity index (χ0v) is 16.2. The van der Waals surface area contributed by atoms with Crippen molar-refractivity contribution in [3.05, 3.63) is 48.0 Å². The zero-order valence-electron chi connectivity index (χ0n) is 16.2. The standard InChI is InChI=1S/C23H26N2O3/c1-16(18-11-7-9-17-8-3-4-10-19(17)18)24-20(26)15-25-21(27)14-23(22(25)28)12-5-2-6-13-23/h3-4,7-11,16H,2,5-6,12-15H2,1H3,(H,24,26)/t16-/m0/s1. The third-order valence-electron chi connectivity index (χ3n) is 6.27. The van der Waals surface area contributed by atoms with Crippen molar-refractivity contribution in [1.29, 1.82) is 0 Å². The first kappa shape index (κ1) is 18.7. The van der Waals surface area contributed by atoms with Gasteiger partial charge in [-0.05, 0) is 36.1 Å². The van der Waals surface area contributed by atoms with Crippen LogP contribution in [-0.2, 0) is 14.4 Å². The van der Waals surface area contributed by atoms with E-state index in [0.29, 0.717) is 0 Å². The van der Waals surface area contributed by atoms with E-state index in [1.807, 2.05) is 49.4 Å². The number of nitrogens with zero attached hydrogens (tertiary/aromatic N) is 1. The van der Waals surface area contributed by atoms with Crippen LogP contribution in [0.3, 0.4) is 0 Å². The van der Waals surface area contributed by atoms with Crippen LogP contribution in [0, 0.1) is 5.41 Å². The Morgan fingerprint density at radius 2 is 1.79 bits per heavy atom. The molecule has 1 aliphatic heterocycles. The van der Waals surface area contributed by atoms with Crippen LogP contribution in [0.4, 0.5) is 0 Å².